The molecule has 0 aliphatic carbocycles. The van der Waals surface area contributed by atoms with Gasteiger partial charge in [0, 0.05) is 23.7 Å². The molecule has 0 fully saturated rings. The molecule has 2 rings (SSSR count). The fourth-order valence-corrected chi connectivity index (χ4v) is 2.01. The van der Waals surface area contributed by atoms with Gasteiger partial charge in [-0.1, -0.05) is 18.5 Å². The van der Waals surface area contributed by atoms with Crippen LogP contribution in [-0.2, 0) is 4.79 Å². The zero-order valence-corrected chi connectivity index (χ0v) is 12.8. The summed E-state index contributed by atoms with van der Waals surface area (Å²) in [6, 6.07) is 5.38. The van der Waals surface area contributed by atoms with E-state index in [1.807, 2.05) is 19.1 Å². The van der Waals surface area contributed by atoms with Crippen LogP contribution in [0.15, 0.2) is 23.8 Å². The molecule has 0 bridgehead atoms. The van der Waals surface area contributed by atoms with E-state index in [1.54, 1.807) is 12.1 Å². The maximum Gasteiger partial charge on any atom is 0.250 e. The molecule has 6 heteroatoms. The molecule has 1 aliphatic heterocycles. The molecular formula is C14H18Cl2N2O2. The summed E-state index contributed by atoms with van der Waals surface area (Å²) in [7, 11) is 0. The van der Waals surface area contributed by atoms with Gasteiger partial charge in [0.25, 0.3) is 5.91 Å². The smallest absolute Gasteiger partial charge is 0.250 e. The van der Waals surface area contributed by atoms with Gasteiger partial charge in [0.15, 0.2) is 0 Å². The van der Waals surface area contributed by atoms with E-state index in [2.05, 4.69) is 10.6 Å². The van der Waals surface area contributed by atoms with Crippen LogP contribution in [0, 0.1) is 0 Å². The molecule has 1 aromatic rings. The van der Waals surface area contributed by atoms with E-state index in [4.69, 9.17) is 16.3 Å². The Labute approximate surface area is 129 Å². The van der Waals surface area contributed by atoms with Crippen molar-refractivity contribution in [1.82, 2.24) is 10.6 Å². The fourth-order valence-electron chi connectivity index (χ4n) is 1.83. The van der Waals surface area contributed by atoms with Crippen molar-refractivity contribution in [3.8, 4) is 5.75 Å². The van der Waals surface area contributed by atoms with Gasteiger partial charge >= 0.3 is 0 Å². The number of nitrogens with one attached hydrogen (secondary N) is 2. The number of amides is 1. The monoisotopic (exact) mass is 316 g/mol. The van der Waals surface area contributed by atoms with Crippen LogP contribution in [0.4, 0.5) is 0 Å². The SMILES string of the molecule is CCNCCNC(=O)C1=Cc2cc(Cl)ccc2OC1.Cl. The first-order valence-corrected chi connectivity index (χ1v) is 6.70. The number of carbonyl (C=O) groups is 1. The molecule has 1 amide bonds. The molecule has 20 heavy (non-hydrogen) atoms. The van der Waals surface area contributed by atoms with Crippen LogP contribution in [0.25, 0.3) is 6.08 Å². The van der Waals surface area contributed by atoms with Crippen molar-refractivity contribution in [3.63, 3.8) is 0 Å². The Balaban J connectivity index is 0.00000200. The minimum atomic E-state index is -0.0940. The van der Waals surface area contributed by atoms with Crippen molar-refractivity contribution < 1.29 is 9.53 Å². The zero-order valence-electron chi connectivity index (χ0n) is 11.2. The molecular weight excluding hydrogens is 299 g/mol. The van der Waals surface area contributed by atoms with Crippen molar-refractivity contribution >= 4 is 36.0 Å². The first-order chi connectivity index (χ1) is 9.20. The van der Waals surface area contributed by atoms with Gasteiger partial charge in [-0.25, -0.2) is 0 Å². The maximum absolute atomic E-state index is 11.9. The second kappa shape index (κ2) is 8.15. The van der Waals surface area contributed by atoms with E-state index in [0.717, 1.165) is 24.4 Å². The number of rotatable bonds is 5. The average Bonchev–Trinajstić information content (AvgIpc) is 2.42. The third kappa shape index (κ3) is 4.40. The van der Waals surface area contributed by atoms with Crippen LogP contribution < -0.4 is 15.4 Å². The van der Waals surface area contributed by atoms with Crippen LogP contribution in [0.3, 0.4) is 0 Å². The Bertz CT molecular complexity index is 504. The van der Waals surface area contributed by atoms with Gasteiger partial charge in [-0.05, 0) is 30.8 Å². The number of fused-ring (bicyclic) bond motifs is 1. The van der Waals surface area contributed by atoms with Crippen LogP contribution >= 0.6 is 24.0 Å². The number of carbonyl (C=O) groups excluding carboxylic acids is 1. The normalized spacial score (nSPS) is 12.6. The summed E-state index contributed by atoms with van der Waals surface area (Å²) < 4.78 is 5.54. The van der Waals surface area contributed by atoms with Gasteiger partial charge in [-0.15, -0.1) is 12.4 Å². The quantitative estimate of drug-likeness (QED) is 0.819. The van der Waals surface area contributed by atoms with E-state index in [0.29, 0.717) is 23.7 Å². The van der Waals surface area contributed by atoms with Crippen molar-refractivity contribution in [2.75, 3.05) is 26.2 Å². The number of hydrogen-bond donors (Lipinski definition) is 2. The summed E-state index contributed by atoms with van der Waals surface area (Å²) in [6.45, 7) is 4.58. The highest BCUT2D eigenvalue weighted by Gasteiger charge is 2.16. The highest BCUT2D eigenvalue weighted by atomic mass is 35.5. The molecule has 4 nitrogen and oxygen atoms in total. The van der Waals surface area contributed by atoms with Crippen molar-refractivity contribution in [2.45, 2.75) is 6.92 Å². The molecule has 0 aromatic heterocycles. The van der Waals surface area contributed by atoms with Crippen LogP contribution in [0.1, 0.15) is 12.5 Å². The topological polar surface area (TPSA) is 50.4 Å². The molecule has 0 radical (unpaired) electrons. The highest BCUT2D eigenvalue weighted by molar-refractivity contribution is 6.30. The molecule has 0 saturated heterocycles. The summed E-state index contributed by atoms with van der Waals surface area (Å²) in [4.78, 5) is 11.9. The van der Waals surface area contributed by atoms with Gasteiger partial charge in [-0.3, -0.25) is 4.79 Å². The predicted molar refractivity (Wildman–Crippen MR) is 83.7 cm³/mol. The van der Waals surface area contributed by atoms with Crippen LogP contribution in [-0.4, -0.2) is 32.1 Å². The molecule has 110 valence electrons. The van der Waals surface area contributed by atoms with Gasteiger partial charge < -0.3 is 15.4 Å². The number of benzene rings is 1. The van der Waals surface area contributed by atoms with Crippen LogP contribution in [0.2, 0.25) is 5.02 Å². The van der Waals surface area contributed by atoms with E-state index < -0.39 is 0 Å². The lowest BCUT2D eigenvalue weighted by atomic mass is 10.1. The molecule has 0 spiro atoms. The predicted octanol–water partition coefficient (Wildman–Crippen LogP) is 2.26. The Morgan fingerprint density at radius 3 is 2.95 bits per heavy atom. The molecule has 1 aliphatic rings. The number of likely N-dealkylation sites (N-methyl/N-ethyl adjacent to an activating group) is 1. The molecule has 0 atom stereocenters. The largest absolute Gasteiger partial charge is 0.488 e. The molecule has 2 N–H and O–H groups in total. The Hall–Kier alpha value is -1.23. The lowest BCUT2D eigenvalue weighted by molar-refractivity contribution is -0.117. The first kappa shape index (κ1) is 16.8. The Kier molecular flexibility index (Phi) is 6.85. The first-order valence-electron chi connectivity index (χ1n) is 6.32. The molecule has 0 unspecified atom stereocenters. The lowest BCUT2D eigenvalue weighted by Crippen LogP contribution is -2.34. The molecule has 1 aromatic carbocycles. The van der Waals surface area contributed by atoms with Crippen LogP contribution in [0.5, 0.6) is 5.75 Å². The third-order valence-electron chi connectivity index (χ3n) is 2.81. The average molecular weight is 317 g/mol. The molecule has 1 heterocycles. The lowest BCUT2D eigenvalue weighted by Gasteiger charge is -2.17. The number of halogens is 2. The minimum Gasteiger partial charge on any atom is -0.488 e. The second-order valence-corrected chi connectivity index (χ2v) is 4.69. The van der Waals surface area contributed by atoms with E-state index in [1.165, 1.54) is 0 Å². The summed E-state index contributed by atoms with van der Waals surface area (Å²) in [5.74, 6) is 0.664. The van der Waals surface area contributed by atoms with Gasteiger partial charge in [0.05, 0.1) is 5.57 Å². The summed E-state index contributed by atoms with van der Waals surface area (Å²) in [6.07, 6.45) is 1.83. The van der Waals surface area contributed by atoms with Gasteiger partial charge in [0.2, 0.25) is 0 Å². The third-order valence-corrected chi connectivity index (χ3v) is 3.05. The maximum atomic E-state index is 11.9. The van der Waals surface area contributed by atoms with E-state index >= 15 is 0 Å². The standard InChI is InChI=1S/C14H17ClN2O2.ClH/c1-2-16-5-6-17-14(18)11-7-10-8-12(15)3-4-13(10)19-9-11;/h3-4,7-8,16H,2,5-6,9H2,1H3,(H,17,18);1H. The second-order valence-electron chi connectivity index (χ2n) is 4.25. The Morgan fingerprint density at radius 2 is 2.20 bits per heavy atom. The zero-order chi connectivity index (χ0) is 13.7. The highest BCUT2D eigenvalue weighted by Crippen LogP contribution is 2.28. The van der Waals surface area contributed by atoms with Gasteiger partial charge in [0.1, 0.15) is 12.4 Å². The van der Waals surface area contributed by atoms with Gasteiger partial charge in [-0.2, -0.15) is 0 Å². The van der Waals surface area contributed by atoms with E-state index in [-0.39, 0.29) is 18.3 Å². The summed E-state index contributed by atoms with van der Waals surface area (Å²) in [5, 5.41) is 6.63. The van der Waals surface area contributed by atoms with Crippen molar-refractivity contribution in [1.29, 1.82) is 0 Å². The number of ether oxygens (including phenoxy) is 1. The summed E-state index contributed by atoms with van der Waals surface area (Å²) >= 11 is 5.93. The van der Waals surface area contributed by atoms with E-state index in [9.17, 15) is 4.79 Å². The fraction of sp³-hybridized carbons (Fsp3) is 0.357. The van der Waals surface area contributed by atoms with Crippen molar-refractivity contribution in [3.05, 3.63) is 34.4 Å². The number of hydrogen-bond acceptors (Lipinski definition) is 3. The Morgan fingerprint density at radius 1 is 1.40 bits per heavy atom. The van der Waals surface area contributed by atoms with Crippen molar-refractivity contribution in [2.24, 2.45) is 0 Å². The molecule has 0 saturated carbocycles. The summed E-state index contributed by atoms with van der Waals surface area (Å²) in [5.41, 5.74) is 1.46. The minimum absolute atomic E-state index is 0.